The van der Waals surface area contributed by atoms with Crippen LogP contribution in [0, 0.1) is 18.3 Å². The normalized spacial score (nSPS) is 10.8. The molecule has 0 aromatic heterocycles. The summed E-state index contributed by atoms with van der Waals surface area (Å²) in [5, 5.41) is 12.5. The van der Waals surface area contributed by atoms with E-state index in [1.165, 1.54) is 6.08 Å². The zero-order valence-electron chi connectivity index (χ0n) is 13.5. The Balaban J connectivity index is 2.25. The number of hydrogen-bond acceptors (Lipinski definition) is 3. The van der Waals surface area contributed by atoms with E-state index in [4.69, 9.17) is 16.3 Å². The first-order valence-electron chi connectivity index (χ1n) is 7.45. The number of anilines is 1. The number of rotatable bonds is 5. The van der Waals surface area contributed by atoms with Crippen LogP contribution in [0.2, 0.25) is 5.02 Å². The summed E-state index contributed by atoms with van der Waals surface area (Å²) in [6, 6.07) is 14.4. The molecule has 0 heterocycles. The van der Waals surface area contributed by atoms with E-state index in [1.54, 1.807) is 24.3 Å². The fourth-order valence-corrected chi connectivity index (χ4v) is 2.39. The fraction of sp³-hybridized carbons (Fsp3) is 0.158. The quantitative estimate of drug-likeness (QED) is 0.639. The minimum Gasteiger partial charge on any atom is -0.494 e. The zero-order valence-corrected chi connectivity index (χ0v) is 14.2. The molecule has 0 saturated carbocycles. The van der Waals surface area contributed by atoms with E-state index in [-0.39, 0.29) is 5.57 Å². The second-order valence-electron chi connectivity index (χ2n) is 5.15. The predicted molar refractivity (Wildman–Crippen MR) is 96.0 cm³/mol. The molecule has 0 atom stereocenters. The summed E-state index contributed by atoms with van der Waals surface area (Å²) in [6.07, 6.45) is 1.49. The summed E-state index contributed by atoms with van der Waals surface area (Å²) in [6.45, 7) is 4.30. The van der Waals surface area contributed by atoms with Gasteiger partial charge in [-0.05, 0) is 61.4 Å². The molecule has 0 saturated heterocycles. The Kier molecular flexibility index (Phi) is 6.00. The maximum Gasteiger partial charge on any atom is 0.266 e. The third kappa shape index (κ3) is 4.87. The van der Waals surface area contributed by atoms with Gasteiger partial charge in [-0.15, -0.1) is 0 Å². The van der Waals surface area contributed by atoms with Crippen molar-refractivity contribution < 1.29 is 9.53 Å². The van der Waals surface area contributed by atoms with Crippen molar-refractivity contribution in [3.05, 3.63) is 64.2 Å². The summed E-state index contributed by atoms with van der Waals surface area (Å²) >= 11 is 6.05. The van der Waals surface area contributed by atoms with Gasteiger partial charge in [-0.2, -0.15) is 5.26 Å². The summed E-state index contributed by atoms with van der Waals surface area (Å²) in [7, 11) is 0. The van der Waals surface area contributed by atoms with Crippen LogP contribution in [0.4, 0.5) is 5.69 Å². The minimum atomic E-state index is -0.471. The molecule has 0 aliphatic carbocycles. The van der Waals surface area contributed by atoms with Crippen LogP contribution in [0.25, 0.3) is 6.08 Å². The van der Waals surface area contributed by atoms with Crippen LogP contribution in [0.15, 0.2) is 48.0 Å². The second kappa shape index (κ2) is 8.19. The van der Waals surface area contributed by atoms with Gasteiger partial charge >= 0.3 is 0 Å². The molecular formula is C19H17ClN2O2. The van der Waals surface area contributed by atoms with Crippen molar-refractivity contribution in [1.29, 1.82) is 5.26 Å². The van der Waals surface area contributed by atoms with E-state index in [0.29, 0.717) is 28.6 Å². The molecule has 0 aliphatic heterocycles. The van der Waals surface area contributed by atoms with Crippen LogP contribution in [0.1, 0.15) is 18.1 Å². The molecule has 0 unspecified atom stereocenters. The Morgan fingerprint density at radius 2 is 2.12 bits per heavy atom. The SMILES string of the molecule is CCOc1cc(Cl)cc(/C=C(\C#N)C(=O)Nc2cccc(C)c2)c1. The van der Waals surface area contributed by atoms with E-state index in [9.17, 15) is 10.1 Å². The van der Waals surface area contributed by atoms with Gasteiger partial charge in [-0.3, -0.25) is 4.79 Å². The number of benzene rings is 2. The number of halogens is 1. The number of aryl methyl sites for hydroxylation is 1. The van der Waals surface area contributed by atoms with Crippen LogP contribution < -0.4 is 10.1 Å². The van der Waals surface area contributed by atoms with Gasteiger partial charge in [0.15, 0.2) is 0 Å². The summed E-state index contributed by atoms with van der Waals surface area (Å²) in [5.41, 5.74) is 2.27. The van der Waals surface area contributed by atoms with Gasteiger partial charge in [0, 0.05) is 10.7 Å². The Bertz CT molecular complexity index is 822. The monoisotopic (exact) mass is 340 g/mol. The molecule has 2 aromatic rings. The predicted octanol–water partition coefficient (Wildman–Crippen LogP) is 4.59. The third-order valence-electron chi connectivity index (χ3n) is 3.16. The molecule has 0 fully saturated rings. The number of carbonyl (C=O) groups is 1. The first kappa shape index (κ1) is 17.6. The first-order chi connectivity index (χ1) is 11.5. The number of nitrogens with zero attached hydrogens (tertiary/aromatic N) is 1. The third-order valence-corrected chi connectivity index (χ3v) is 3.37. The summed E-state index contributed by atoms with van der Waals surface area (Å²) in [5.74, 6) is 0.119. The van der Waals surface area contributed by atoms with Crippen LogP contribution in [0.5, 0.6) is 5.75 Å². The van der Waals surface area contributed by atoms with Crippen LogP contribution in [-0.4, -0.2) is 12.5 Å². The lowest BCUT2D eigenvalue weighted by atomic mass is 10.1. The Hall–Kier alpha value is -2.77. The number of nitriles is 1. The van der Waals surface area contributed by atoms with Gasteiger partial charge in [0.05, 0.1) is 6.61 Å². The second-order valence-corrected chi connectivity index (χ2v) is 5.58. The van der Waals surface area contributed by atoms with E-state index < -0.39 is 5.91 Å². The lowest BCUT2D eigenvalue weighted by Gasteiger charge is -2.07. The highest BCUT2D eigenvalue weighted by Gasteiger charge is 2.10. The average molecular weight is 341 g/mol. The number of amides is 1. The van der Waals surface area contributed by atoms with Crippen molar-refractivity contribution in [3.63, 3.8) is 0 Å². The minimum absolute atomic E-state index is 0.0128. The highest BCUT2D eigenvalue weighted by Crippen LogP contribution is 2.23. The Morgan fingerprint density at radius 1 is 1.33 bits per heavy atom. The van der Waals surface area contributed by atoms with Gasteiger partial charge in [0.2, 0.25) is 0 Å². The van der Waals surface area contributed by atoms with Gasteiger partial charge in [-0.25, -0.2) is 0 Å². The molecule has 0 bridgehead atoms. The lowest BCUT2D eigenvalue weighted by Crippen LogP contribution is -2.13. The average Bonchev–Trinajstić information content (AvgIpc) is 2.52. The standard InChI is InChI=1S/C19H17ClN2O2/c1-3-24-18-10-14(9-16(20)11-18)8-15(12-21)19(23)22-17-6-4-5-13(2)7-17/h4-11H,3H2,1-2H3,(H,22,23)/b15-8+. The molecule has 0 radical (unpaired) electrons. The molecular weight excluding hydrogens is 324 g/mol. The maximum absolute atomic E-state index is 12.3. The maximum atomic E-state index is 12.3. The topological polar surface area (TPSA) is 62.1 Å². The number of carbonyl (C=O) groups excluding carboxylic acids is 1. The molecule has 1 amide bonds. The van der Waals surface area contributed by atoms with Crippen LogP contribution in [0.3, 0.4) is 0 Å². The van der Waals surface area contributed by atoms with Gasteiger partial charge in [0.25, 0.3) is 5.91 Å². The van der Waals surface area contributed by atoms with Crippen molar-refractivity contribution in [2.75, 3.05) is 11.9 Å². The van der Waals surface area contributed by atoms with Crippen LogP contribution >= 0.6 is 11.6 Å². The van der Waals surface area contributed by atoms with E-state index >= 15 is 0 Å². The Labute approximate surface area is 146 Å². The van der Waals surface area contributed by atoms with Gasteiger partial charge < -0.3 is 10.1 Å². The largest absolute Gasteiger partial charge is 0.494 e. The van der Waals surface area contributed by atoms with Crippen molar-refractivity contribution in [1.82, 2.24) is 0 Å². The van der Waals surface area contributed by atoms with Gasteiger partial charge in [0.1, 0.15) is 17.4 Å². The molecule has 2 rings (SSSR count). The first-order valence-corrected chi connectivity index (χ1v) is 7.83. The van der Waals surface area contributed by atoms with Crippen molar-refractivity contribution >= 4 is 29.3 Å². The highest BCUT2D eigenvalue weighted by molar-refractivity contribution is 6.30. The molecule has 0 spiro atoms. The molecule has 122 valence electrons. The van der Waals surface area contributed by atoms with Crippen molar-refractivity contribution in [3.8, 4) is 11.8 Å². The number of nitrogens with one attached hydrogen (secondary N) is 1. The molecule has 5 heteroatoms. The van der Waals surface area contributed by atoms with E-state index in [2.05, 4.69) is 5.32 Å². The summed E-state index contributed by atoms with van der Waals surface area (Å²) < 4.78 is 5.41. The molecule has 0 aliphatic rings. The number of hydrogen-bond donors (Lipinski definition) is 1. The molecule has 24 heavy (non-hydrogen) atoms. The van der Waals surface area contributed by atoms with E-state index in [1.807, 2.05) is 38.1 Å². The molecule has 2 aromatic carbocycles. The van der Waals surface area contributed by atoms with Gasteiger partial charge in [-0.1, -0.05) is 23.7 Å². The summed E-state index contributed by atoms with van der Waals surface area (Å²) in [4.78, 5) is 12.3. The lowest BCUT2D eigenvalue weighted by molar-refractivity contribution is -0.112. The highest BCUT2D eigenvalue weighted by atomic mass is 35.5. The van der Waals surface area contributed by atoms with Crippen molar-refractivity contribution in [2.24, 2.45) is 0 Å². The number of ether oxygens (including phenoxy) is 1. The zero-order chi connectivity index (χ0) is 17.5. The van der Waals surface area contributed by atoms with Crippen molar-refractivity contribution in [2.45, 2.75) is 13.8 Å². The molecule has 4 nitrogen and oxygen atoms in total. The van der Waals surface area contributed by atoms with Crippen LogP contribution in [-0.2, 0) is 4.79 Å². The smallest absolute Gasteiger partial charge is 0.266 e. The Morgan fingerprint density at radius 3 is 2.79 bits per heavy atom. The molecule has 1 N–H and O–H groups in total. The van der Waals surface area contributed by atoms with E-state index in [0.717, 1.165) is 5.56 Å². The fourth-order valence-electron chi connectivity index (χ4n) is 2.15.